The van der Waals surface area contributed by atoms with Crippen molar-refractivity contribution in [2.45, 2.75) is 0 Å². The molecule has 0 saturated carbocycles. The lowest BCUT2D eigenvalue weighted by molar-refractivity contribution is -0.133. The molecule has 0 aromatic carbocycles. The fourth-order valence-electron chi connectivity index (χ4n) is 0.399. The van der Waals surface area contributed by atoms with Crippen molar-refractivity contribution in [2.24, 2.45) is 5.73 Å². The van der Waals surface area contributed by atoms with Gasteiger partial charge in [0, 0.05) is 0 Å². The first kappa shape index (κ1) is 12.3. The number of carbonyl (C=O) groups excluding carboxylic acids is 1. The van der Waals surface area contributed by atoms with E-state index in [9.17, 15) is 9.59 Å². The van der Waals surface area contributed by atoms with Crippen LogP contribution < -0.4 is 5.73 Å². The van der Waals surface area contributed by atoms with Crippen molar-refractivity contribution in [3.8, 4) is 0 Å². The number of hydrogen-bond donors (Lipinski definition) is 2. The molecule has 0 aromatic rings. The van der Waals surface area contributed by atoms with E-state index in [1.54, 1.807) is 22.6 Å². The number of aliphatic carboxylic acids is 1. The van der Waals surface area contributed by atoms with Gasteiger partial charge in [-0.05, 0) is 22.6 Å². The molecule has 72 valence electrons. The average molecular weight is 315 g/mol. The Morgan fingerprint density at radius 1 is 1.54 bits per heavy atom. The first-order valence-electron chi connectivity index (χ1n) is 2.93. The van der Waals surface area contributed by atoms with Gasteiger partial charge < -0.3 is 15.6 Å². The Morgan fingerprint density at radius 3 is 2.31 bits per heavy atom. The van der Waals surface area contributed by atoms with Gasteiger partial charge >= 0.3 is 11.9 Å². The van der Waals surface area contributed by atoms with Gasteiger partial charge in [0.1, 0.15) is 10.6 Å². The summed E-state index contributed by atoms with van der Waals surface area (Å²) in [5, 5.41) is 8.46. The van der Waals surface area contributed by atoms with Crippen molar-refractivity contribution in [3.05, 3.63) is 9.28 Å². The summed E-state index contributed by atoms with van der Waals surface area (Å²) in [6.07, 6.45) is 0. The molecule has 0 unspecified atom stereocenters. The molecule has 0 aliphatic heterocycles. The summed E-state index contributed by atoms with van der Waals surface area (Å²) in [7, 11) is 1.15. The van der Waals surface area contributed by atoms with E-state index >= 15 is 0 Å². The lowest BCUT2D eigenvalue weighted by Crippen LogP contribution is -2.20. The van der Waals surface area contributed by atoms with E-state index in [0.29, 0.717) is 0 Å². The summed E-state index contributed by atoms with van der Waals surface area (Å²) in [5.41, 5.74) is 4.67. The molecule has 3 N–H and O–H groups in total. The maximum atomic E-state index is 10.8. The van der Waals surface area contributed by atoms with Gasteiger partial charge in [0.15, 0.2) is 0 Å². The predicted octanol–water partition coefficient (Wildman–Crippen LogP) is 0.219. The minimum absolute atomic E-state index is 0.00644. The van der Waals surface area contributed by atoms with Gasteiger partial charge in [0.2, 0.25) is 0 Å². The molecule has 0 atom stereocenters. The van der Waals surface area contributed by atoms with Crippen LogP contribution in [0.1, 0.15) is 0 Å². The molecule has 0 saturated heterocycles. The number of carboxylic acids is 1. The fraction of sp³-hybridized carbons (Fsp3) is 0.167. The van der Waals surface area contributed by atoms with Crippen molar-refractivity contribution < 1.29 is 19.4 Å². The summed E-state index contributed by atoms with van der Waals surface area (Å²) >= 11 is 6.19. The van der Waals surface area contributed by atoms with E-state index in [0.717, 1.165) is 7.11 Å². The normalized spacial score (nSPS) is 11.5. The van der Waals surface area contributed by atoms with Gasteiger partial charge in [0.05, 0.1) is 10.7 Å². The lowest BCUT2D eigenvalue weighted by Gasteiger charge is -2.01. The van der Waals surface area contributed by atoms with Crippen LogP contribution in [-0.2, 0) is 14.3 Å². The standard InChI is InChI=1S/C6H6INO4S/c1-12-6(11)4(13)2(7)3(8)5(9)10/h8H2,1H3,(H,9,10). The monoisotopic (exact) mass is 315 g/mol. The first-order chi connectivity index (χ1) is 5.91. The Hall–Kier alpha value is -0.700. The van der Waals surface area contributed by atoms with E-state index in [-0.39, 0.29) is 8.44 Å². The molecule has 0 radical (unpaired) electrons. The van der Waals surface area contributed by atoms with Crippen LogP contribution in [0, 0.1) is 0 Å². The van der Waals surface area contributed by atoms with Crippen LogP contribution in [0.25, 0.3) is 0 Å². The number of halogens is 1. The summed E-state index contributed by atoms with van der Waals surface area (Å²) in [5.74, 6) is -2.10. The summed E-state index contributed by atoms with van der Waals surface area (Å²) in [6.45, 7) is 0. The molecule has 0 aromatic heterocycles. The second-order valence-electron chi connectivity index (χ2n) is 1.85. The topological polar surface area (TPSA) is 89.6 Å². The predicted molar refractivity (Wildman–Crippen MR) is 57.5 cm³/mol. The van der Waals surface area contributed by atoms with Crippen molar-refractivity contribution in [2.75, 3.05) is 7.11 Å². The molecule has 0 bridgehead atoms. The Balaban J connectivity index is 4.89. The third kappa shape index (κ3) is 3.27. The van der Waals surface area contributed by atoms with Crippen molar-refractivity contribution in [1.82, 2.24) is 0 Å². The van der Waals surface area contributed by atoms with E-state index in [2.05, 4.69) is 17.0 Å². The zero-order chi connectivity index (χ0) is 10.6. The molecular formula is C6H6INO4S. The number of thiocarbonyl (C=S) groups is 1. The molecule has 0 amide bonds. The summed E-state index contributed by atoms with van der Waals surface area (Å²) in [6, 6.07) is 0. The van der Waals surface area contributed by atoms with Crippen molar-refractivity contribution in [1.29, 1.82) is 0 Å². The number of carbonyl (C=O) groups is 2. The van der Waals surface area contributed by atoms with E-state index in [1.165, 1.54) is 0 Å². The Labute approximate surface area is 93.1 Å². The number of rotatable bonds is 3. The van der Waals surface area contributed by atoms with Crippen molar-refractivity contribution >= 4 is 51.6 Å². The quantitative estimate of drug-likeness (QED) is 0.335. The molecule has 0 aliphatic carbocycles. The SMILES string of the molecule is COC(=O)C(=S)C(I)=C(N)C(=O)O. The largest absolute Gasteiger partial charge is 0.477 e. The van der Waals surface area contributed by atoms with Crippen LogP contribution in [0.3, 0.4) is 0 Å². The van der Waals surface area contributed by atoms with Crippen LogP contribution in [0.2, 0.25) is 0 Å². The van der Waals surface area contributed by atoms with E-state index < -0.39 is 17.6 Å². The van der Waals surface area contributed by atoms with Crippen LogP contribution in [0.4, 0.5) is 0 Å². The number of hydrogen-bond acceptors (Lipinski definition) is 5. The number of esters is 1. The number of carboxylic acid groups (broad SMARTS) is 1. The van der Waals surface area contributed by atoms with E-state index in [1.807, 2.05) is 0 Å². The number of ether oxygens (including phenoxy) is 1. The molecule has 0 heterocycles. The summed E-state index contributed by atoms with van der Waals surface area (Å²) in [4.78, 5) is 21.0. The molecule has 0 spiro atoms. The zero-order valence-electron chi connectivity index (χ0n) is 6.54. The first-order valence-corrected chi connectivity index (χ1v) is 4.41. The minimum Gasteiger partial charge on any atom is -0.477 e. The Morgan fingerprint density at radius 2 is 2.00 bits per heavy atom. The molecule has 0 aliphatic rings. The van der Waals surface area contributed by atoms with Gasteiger partial charge in [-0.15, -0.1) is 0 Å². The van der Waals surface area contributed by atoms with Gasteiger partial charge in [-0.2, -0.15) is 0 Å². The maximum absolute atomic E-state index is 10.8. The van der Waals surface area contributed by atoms with Crippen molar-refractivity contribution in [3.63, 3.8) is 0 Å². The van der Waals surface area contributed by atoms with Gasteiger partial charge in [-0.25, -0.2) is 9.59 Å². The van der Waals surface area contributed by atoms with Crippen LogP contribution >= 0.6 is 34.8 Å². The third-order valence-electron chi connectivity index (χ3n) is 1.04. The molecular weight excluding hydrogens is 309 g/mol. The fourth-order valence-corrected chi connectivity index (χ4v) is 1.04. The molecule has 7 heteroatoms. The Bertz CT molecular complexity index is 299. The molecule has 0 fully saturated rings. The second kappa shape index (κ2) is 5.12. The zero-order valence-corrected chi connectivity index (χ0v) is 9.51. The van der Waals surface area contributed by atoms with Gasteiger partial charge in [-0.1, -0.05) is 12.2 Å². The second-order valence-corrected chi connectivity index (χ2v) is 3.34. The van der Waals surface area contributed by atoms with Gasteiger partial charge in [-0.3, -0.25) is 0 Å². The average Bonchev–Trinajstić information content (AvgIpc) is 2.12. The highest BCUT2D eigenvalue weighted by atomic mass is 127. The maximum Gasteiger partial charge on any atom is 0.352 e. The number of methoxy groups -OCH3 is 1. The van der Waals surface area contributed by atoms with Gasteiger partial charge in [0.25, 0.3) is 0 Å². The third-order valence-corrected chi connectivity index (χ3v) is 2.89. The number of nitrogens with two attached hydrogens (primary N) is 1. The highest BCUT2D eigenvalue weighted by Gasteiger charge is 2.18. The van der Waals surface area contributed by atoms with Crippen LogP contribution in [0.15, 0.2) is 9.28 Å². The molecule has 0 rings (SSSR count). The molecule has 5 nitrogen and oxygen atoms in total. The molecule has 13 heavy (non-hydrogen) atoms. The minimum atomic E-state index is -1.32. The highest BCUT2D eigenvalue weighted by molar-refractivity contribution is 14.1. The summed E-state index contributed by atoms with van der Waals surface area (Å²) < 4.78 is 4.30. The van der Waals surface area contributed by atoms with E-state index in [4.69, 9.17) is 10.8 Å². The lowest BCUT2D eigenvalue weighted by atomic mass is 10.3. The highest BCUT2D eigenvalue weighted by Crippen LogP contribution is 2.13. The Kier molecular flexibility index (Phi) is 4.85. The van der Waals surface area contributed by atoms with Crippen LogP contribution in [0.5, 0.6) is 0 Å². The van der Waals surface area contributed by atoms with Crippen LogP contribution in [-0.4, -0.2) is 29.0 Å². The smallest absolute Gasteiger partial charge is 0.352 e.